The highest BCUT2D eigenvalue weighted by molar-refractivity contribution is 9.10. The Hall–Kier alpha value is -2.16. The van der Waals surface area contributed by atoms with Crippen LogP contribution in [0.15, 0.2) is 16.6 Å². The van der Waals surface area contributed by atoms with Crippen LogP contribution in [0.2, 0.25) is 0 Å². The van der Waals surface area contributed by atoms with Crippen LogP contribution in [0.3, 0.4) is 0 Å². The third kappa shape index (κ3) is 3.44. The van der Waals surface area contributed by atoms with Crippen molar-refractivity contribution in [3.8, 4) is 0 Å². The zero-order valence-corrected chi connectivity index (χ0v) is 14.2. The molecule has 124 valence electrons. The summed E-state index contributed by atoms with van der Waals surface area (Å²) in [5, 5.41) is 20.2. The van der Waals surface area contributed by atoms with Crippen molar-refractivity contribution in [2.75, 3.05) is 19.6 Å². The topological polar surface area (TPSA) is 104 Å². The number of hydrogen-bond acceptors (Lipinski definition) is 4. The Morgan fingerprint density at radius 1 is 1.39 bits per heavy atom. The van der Waals surface area contributed by atoms with E-state index < -0.39 is 11.0 Å². The summed E-state index contributed by atoms with van der Waals surface area (Å²) >= 11 is 3.19. The van der Waals surface area contributed by atoms with Gasteiger partial charge >= 0.3 is 6.09 Å². The molecule has 2 amide bonds. The molecule has 0 unspecified atom stereocenters. The number of carbonyl (C=O) groups excluding carboxylic acids is 1. The molecule has 1 atom stereocenters. The van der Waals surface area contributed by atoms with Crippen LogP contribution in [0, 0.1) is 17.0 Å². The summed E-state index contributed by atoms with van der Waals surface area (Å²) < 4.78 is 0.454. The Labute approximate surface area is 141 Å². The van der Waals surface area contributed by atoms with Gasteiger partial charge in [0.15, 0.2) is 0 Å². The van der Waals surface area contributed by atoms with E-state index in [4.69, 9.17) is 5.11 Å². The Morgan fingerprint density at radius 3 is 2.57 bits per heavy atom. The van der Waals surface area contributed by atoms with Gasteiger partial charge in [0.1, 0.15) is 0 Å². The van der Waals surface area contributed by atoms with Crippen molar-refractivity contribution in [3.63, 3.8) is 0 Å². The second-order valence-corrected chi connectivity index (χ2v) is 6.35. The average molecular weight is 386 g/mol. The van der Waals surface area contributed by atoms with E-state index in [0.29, 0.717) is 10.0 Å². The number of benzene rings is 1. The molecule has 1 heterocycles. The summed E-state index contributed by atoms with van der Waals surface area (Å²) in [4.78, 5) is 37.1. The number of nitrogens with zero attached hydrogens (tertiary/aromatic N) is 3. The first-order valence-corrected chi connectivity index (χ1v) is 7.75. The van der Waals surface area contributed by atoms with E-state index in [1.54, 1.807) is 13.0 Å². The van der Waals surface area contributed by atoms with E-state index in [1.807, 2.05) is 0 Å². The molecule has 1 aliphatic heterocycles. The number of rotatable bonds is 2. The third-order valence-corrected chi connectivity index (χ3v) is 4.39. The molecule has 0 saturated carbocycles. The molecular weight excluding hydrogens is 370 g/mol. The number of carboxylic acid groups (broad SMARTS) is 1. The smallest absolute Gasteiger partial charge is 0.407 e. The summed E-state index contributed by atoms with van der Waals surface area (Å²) in [5.41, 5.74) is 0.429. The lowest BCUT2D eigenvalue weighted by atomic mass is 10.0. The van der Waals surface area contributed by atoms with Gasteiger partial charge in [0.05, 0.1) is 10.5 Å². The van der Waals surface area contributed by atoms with E-state index in [0.717, 1.165) is 0 Å². The lowest BCUT2D eigenvalue weighted by Crippen LogP contribution is -2.55. The molecule has 0 spiro atoms. The number of halogens is 1. The van der Waals surface area contributed by atoms with Crippen LogP contribution in [-0.4, -0.2) is 57.5 Å². The summed E-state index contributed by atoms with van der Waals surface area (Å²) in [6.07, 6.45) is -1.01. The second kappa shape index (κ2) is 6.53. The van der Waals surface area contributed by atoms with Gasteiger partial charge in [-0.25, -0.2) is 4.79 Å². The molecule has 1 fully saturated rings. The molecule has 0 bridgehead atoms. The molecular formula is C14H16BrN3O5. The first-order chi connectivity index (χ1) is 10.7. The van der Waals surface area contributed by atoms with Crippen molar-refractivity contribution in [1.29, 1.82) is 0 Å². The van der Waals surface area contributed by atoms with E-state index in [2.05, 4.69) is 15.9 Å². The largest absolute Gasteiger partial charge is 0.465 e. The zero-order valence-electron chi connectivity index (χ0n) is 12.7. The first-order valence-electron chi connectivity index (χ1n) is 6.95. The molecule has 1 aliphatic rings. The van der Waals surface area contributed by atoms with Crippen LogP contribution in [0.4, 0.5) is 10.5 Å². The van der Waals surface area contributed by atoms with Gasteiger partial charge in [-0.3, -0.25) is 14.9 Å². The van der Waals surface area contributed by atoms with Gasteiger partial charge in [-0.15, -0.1) is 0 Å². The standard InChI is InChI=1S/C14H16BrN3O5/c1-8-7-16(3-4-17(8)14(20)21)13(19)11-5-10(15)6-12(9(11)2)18(22)23/h5-6,8H,3-4,7H2,1-2H3,(H,20,21)/t8-/m0/s1. The Bertz CT molecular complexity index is 679. The van der Waals surface area contributed by atoms with Crippen LogP contribution in [0.25, 0.3) is 0 Å². The molecule has 8 nitrogen and oxygen atoms in total. The highest BCUT2D eigenvalue weighted by Gasteiger charge is 2.31. The molecule has 1 aromatic rings. The van der Waals surface area contributed by atoms with Crippen LogP contribution < -0.4 is 0 Å². The minimum atomic E-state index is -1.01. The van der Waals surface area contributed by atoms with Gasteiger partial charge in [0, 0.05) is 41.8 Å². The molecule has 1 N–H and O–H groups in total. The van der Waals surface area contributed by atoms with E-state index in [1.165, 1.54) is 22.8 Å². The van der Waals surface area contributed by atoms with Gasteiger partial charge in [0.2, 0.25) is 0 Å². The fraction of sp³-hybridized carbons (Fsp3) is 0.429. The predicted octanol–water partition coefficient (Wildman–Crippen LogP) is 2.49. The van der Waals surface area contributed by atoms with Crippen molar-refractivity contribution < 1.29 is 19.6 Å². The van der Waals surface area contributed by atoms with Crippen molar-refractivity contribution in [2.24, 2.45) is 0 Å². The van der Waals surface area contributed by atoms with Crippen molar-refractivity contribution >= 4 is 33.6 Å². The summed E-state index contributed by atoms with van der Waals surface area (Å²) in [5.74, 6) is -0.330. The van der Waals surface area contributed by atoms with E-state index in [-0.39, 0.29) is 42.8 Å². The molecule has 0 radical (unpaired) electrons. The zero-order chi connectivity index (χ0) is 17.3. The van der Waals surface area contributed by atoms with Crippen molar-refractivity contribution in [3.05, 3.63) is 37.8 Å². The van der Waals surface area contributed by atoms with E-state index in [9.17, 15) is 19.7 Å². The quantitative estimate of drug-likeness (QED) is 0.621. The summed E-state index contributed by atoms with van der Waals surface area (Å²) in [6.45, 7) is 4.00. The number of nitro groups is 1. The number of piperazine rings is 1. The molecule has 23 heavy (non-hydrogen) atoms. The first kappa shape index (κ1) is 17.2. The predicted molar refractivity (Wildman–Crippen MR) is 85.6 cm³/mol. The Morgan fingerprint density at radius 2 is 2.04 bits per heavy atom. The number of carbonyl (C=O) groups is 2. The molecule has 0 aromatic heterocycles. The van der Waals surface area contributed by atoms with Gasteiger partial charge in [0.25, 0.3) is 11.6 Å². The maximum atomic E-state index is 12.7. The maximum Gasteiger partial charge on any atom is 0.407 e. The van der Waals surface area contributed by atoms with Gasteiger partial charge in [-0.1, -0.05) is 15.9 Å². The fourth-order valence-corrected chi connectivity index (χ4v) is 3.12. The SMILES string of the molecule is Cc1c(C(=O)N2CCN(C(=O)O)[C@@H](C)C2)cc(Br)cc1[N+](=O)[O-]. The average Bonchev–Trinajstić information content (AvgIpc) is 2.47. The van der Waals surface area contributed by atoms with Crippen LogP contribution in [0.5, 0.6) is 0 Å². The lowest BCUT2D eigenvalue weighted by Gasteiger charge is -2.38. The van der Waals surface area contributed by atoms with E-state index >= 15 is 0 Å². The fourth-order valence-electron chi connectivity index (χ4n) is 2.67. The van der Waals surface area contributed by atoms with Gasteiger partial charge in [-0.05, 0) is 19.9 Å². The Balaban J connectivity index is 2.28. The van der Waals surface area contributed by atoms with Gasteiger partial charge in [-0.2, -0.15) is 0 Å². The molecule has 9 heteroatoms. The molecule has 1 aromatic carbocycles. The van der Waals surface area contributed by atoms with Crippen molar-refractivity contribution in [2.45, 2.75) is 19.9 Å². The lowest BCUT2D eigenvalue weighted by molar-refractivity contribution is -0.385. The second-order valence-electron chi connectivity index (χ2n) is 5.43. The summed E-state index contributed by atoms with van der Waals surface area (Å²) in [7, 11) is 0. The normalized spacial score (nSPS) is 18.0. The van der Waals surface area contributed by atoms with Crippen LogP contribution in [-0.2, 0) is 0 Å². The number of nitro benzene ring substituents is 1. The van der Waals surface area contributed by atoms with Crippen LogP contribution >= 0.6 is 15.9 Å². The third-order valence-electron chi connectivity index (χ3n) is 3.93. The molecule has 0 aliphatic carbocycles. The number of amides is 2. The van der Waals surface area contributed by atoms with Crippen LogP contribution in [0.1, 0.15) is 22.8 Å². The molecule has 1 saturated heterocycles. The number of hydrogen-bond donors (Lipinski definition) is 1. The summed E-state index contributed by atoms with van der Waals surface area (Å²) in [6, 6.07) is 2.59. The minimum Gasteiger partial charge on any atom is -0.465 e. The highest BCUT2D eigenvalue weighted by atomic mass is 79.9. The highest BCUT2D eigenvalue weighted by Crippen LogP contribution is 2.28. The van der Waals surface area contributed by atoms with Crippen molar-refractivity contribution in [1.82, 2.24) is 9.80 Å². The monoisotopic (exact) mass is 385 g/mol. The van der Waals surface area contributed by atoms with Gasteiger partial charge < -0.3 is 14.9 Å². The molecule has 2 rings (SSSR count). The Kier molecular flexibility index (Phi) is 4.88. The minimum absolute atomic E-state index is 0.125. The maximum absolute atomic E-state index is 12.7.